The summed E-state index contributed by atoms with van der Waals surface area (Å²) in [5.74, 6) is -0.258. The average molecular weight is 227 g/mol. The van der Waals surface area contributed by atoms with Crippen LogP contribution in [-0.2, 0) is 0 Å². The summed E-state index contributed by atoms with van der Waals surface area (Å²) in [7, 11) is 0. The highest BCUT2D eigenvalue weighted by Gasteiger charge is 2.01. The van der Waals surface area contributed by atoms with E-state index in [0.717, 1.165) is 16.9 Å². The molecule has 3 nitrogen and oxygen atoms in total. The number of hydrogen-bond donors (Lipinski definition) is 1. The Balaban J connectivity index is 2.23. The molecular weight excluding hydrogens is 217 g/mol. The number of pyridine rings is 1. The third-order valence-electron chi connectivity index (χ3n) is 2.35. The molecule has 17 heavy (non-hydrogen) atoms. The number of aromatic nitrogens is 1. The predicted molar refractivity (Wildman–Crippen MR) is 63.4 cm³/mol. The van der Waals surface area contributed by atoms with E-state index in [1.165, 1.54) is 12.1 Å². The second kappa shape index (κ2) is 4.62. The number of anilines is 2. The average Bonchev–Trinajstić information content (AvgIpc) is 2.34. The van der Waals surface area contributed by atoms with Crippen LogP contribution in [0.1, 0.15) is 11.3 Å². The number of halogens is 1. The molecule has 4 heteroatoms. The Hall–Kier alpha value is -2.41. The van der Waals surface area contributed by atoms with Crippen LogP contribution >= 0.6 is 0 Å². The van der Waals surface area contributed by atoms with Crippen molar-refractivity contribution >= 4 is 11.4 Å². The monoisotopic (exact) mass is 227 g/mol. The van der Waals surface area contributed by atoms with E-state index < -0.39 is 0 Å². The highest BCUT2D eigenvalue weighted by molar-refractivity contribution is 5.62. The molecule has 0 aliphatic rings. The van der Waals surface area contributed by atoms with Crippen molar-refractivity contribution in [2.45, 2.75) is 6.92 Å². The summed E-state index contributed by atoms with van der Waals surface area (Å²) < 4.78 is 12.9. The Bertz CT molecular complexity index is 570. The van der Waals surface area contributed by atoms with E-state index in [-0.39, 0.29) is 5.82 Å². The van der Waals surface area contributed by atoms with E-state index in [0.29, 0.717) is 5.69 Å². The molecule has 1 aromatic carbocycles. The number of benzene rings is 1. The van der Waals surface area contributed by atoms with Crippen molar-refractivity contribution in [1.82, 2.24) is 4.98 Å². The molecule has 0 fully saturated rings. The van der Waals surface area contributed by atoms with E-state index in [4.69, 9.17) is 5.26 Å². The SMILES string of the molecule is Cc1cc(F)ccc1Nc1ccc(C#N)nc1. The van der Waals surface area contributed by atoms with Gasteiger partial charge in [0, 0.05) is 5.69 Å². The van der Waals surface area contributed by atoms with Crippen molar-refractivity contribution < 1.29 is 4.39 Å². The van der Waals surface area contributed by atoms with E-state index in [1.807, 2.05) is 13.0 Å². The van der Waals surface area contributed by atoms with Gasteiger partial charge >= 0.3 is 0 Å². The van der Waals surface area contributed by atoms with Gasteiger partial charge in [0.15, 0.2) is 0 Å². The van der Waals surface area contributed by atoms with Crippen molar-refractivity contribution in [3.05, 3.63) is 53.6 Å². The zero-order chi connectivity index (χ0) is 12.3. The van der Waals surface area contributed by atoms with Crippen LogP contribution in [0.2, 0.25) is 0 Å². The third kappa shape index (κ3) is 2.58. The van der Waals surface area contributed by atoms with Crippen LogP contribution in [-0.4, -0.2) is 4.98 Å². The van der Waals surface area contributed by atoms with Crippen molar-refractivity contribution in [3.63, 3.8) is 0 Å². The summed E-state index contributed by atoms with van der Waals surface area (Å²) in [5, 5.41) is 11.7. The van der Waals surface area contributed by atoms with Gasteiger partial charge in [-0.25, -0.2) is 9.37 Å². The quantitative estimate of drug-likeness (QED) is 0.857. The molecule has 1 heterocycles. The standard InChI is InChI=1S/C13H10FN3/c1-9-6-10(14)2-5-13(9)17-12-4-3-11(7-15)16-8-12/h2-6,8,17H,1H3. The fourth-order valence-electron chi connectivity index (χ4n) is 1.46. The Morgan fingerprint density at radius 1 is 1.29 bits per heavy atom. The Morgan fingerprint density at radius 2 is 2.12 bits per heavy atom. The molecule has 0 aliphatic carbocycles. The number of hydrogen-bond acceptors (Lipinski definition) is 3. The smallest absolute Gasteiger partial charge is 0.140 e. The second-order valence-electron chi connectivity index (χ2n) is 3.63. The number of nitriles is 1. The van der Waals surface area contributed by atoms with Crippen molar-refractivity contribution in [1.29, 1.82) is 5.26 Å². The minimum Gasteiger partial charge on any atom is -0.354 e. The summed E-state index contributed by atoms with van der Waals surface area (Å²) in [6.07, 6.45) is 1.57. The number of aryl methyl sites for hydroxylation is 1. The molecule has 1 aromatic heterocycles. The van der Waals surface area contributed by atoms with Gasteiger partial charge in [-0.15, -0.1) is 0 Å². The summed E-state index contributed by atoms with van der Waals surface area (Å²) in [4.78, 5) is 3.94. The lowest BCUT2D eigenvalue weighted by Crippen LogP contribution is -1.94. The van der Waals surface area contributed by atoms with E-state index in [9.17, 15) is 4.39 Å². The van der Waals surface area contributed by atoms with Gasteiger partial charge < -0.3 is 5.32 Å². The Morgan fingerprint density at radius 3 is 2.71 bits per heavy atom. The normalized spacial score (nSPS) is 9.71. The Kier molecular flexibility index (Phi) is 3.01. The van der Waals surface area contributed by atoms with E-state index in [1.54, 1.807) is 24.4 Å². The summed E-state index contributed by atoms with van der Waals surface area (Å²) in [6.45, 7) is 1.82. The first kappa shape index (κ1) is 11.1. The van der Waals surface area contributed by atoms with Crippen molar-refractivity contribution in [2.24, 2.45) is 0 Å². The van der Waals surface area contributed by atoms with Crippen LogP contribution < -0.4 is 5.32 Å². The molecule has 0 amide bonds. The molecule has 0 atom stereocenters. The Labute approximate surface area is 98.5 Å². The molecular formula is C13H10FN3. The first-order valence-corrected chi connectivity index (χ1v) is 5.08. The van der Waals surface area contributed by atoms with Crippen LogP contribution in [0.25, 0.3) is 0 Å². The molecule has 84 valence electrons. The predicted octanol–water partition coefficient (Wildman–Crippen LogP) is 3.14. The molecule has 0 aliphatic heterocycles. The van der Waals surface area contributed by atoms with Crippen LogP contribution in [0.4, 0.5) is 15.8 Å². The minimum absolute atomic E-state index is 0.258. The maximum atomic E-state index is 12.9. The molecule has 0 unspecified atom stereocenters. The molecule has 0 saturated carbocycles. The molecule has 0 bridgehead atoms. The fraction of sp³-hybridized carbons (Fsp3) is 0.0769. The molecule has 1 N–H and O–H groups in total. The zero-order valence-electron chi connectivity index (χ0n) is 9.24. The maximum Gasteiger partial charge on any atom is 0.140 e. The molecule has 2 rings (SSSR count). The van der Waals surface area contributed by atoms with Crippen LogP contribution in [0.15, 0.2) is 36.5 Å². The van der Waals surface area contributed by atoms with Gasteiger partial charge in [0.05, 0.1) is 11.9 Å². The molecule has 0 spiro atoms. The third-order valence-corrected chi connectivity index (χ3v) is 2.35. The summed E-state index contributed by atoms with van der Waals surface area (Å²) >= 11 is 0. The van der Waals surface area contributed by atoms with Gasteiger partial charge in [-0.05, 0) is 42.8 Å². The molecule has 0 radical (unpaired) electrons. The minimum atomic E-state index is -0.258. The van der Waals surface area contributed by atoms with Crippen molar-refractivity contribution in [3.8, 4) is 6.07 Å². The molecule has 0 saturated heterocycles. The lowest BCUT2D eigenvalue weighted by Gasteiger charge is -2.08. The number of rotatable bonds is 2. The first-order chi connectivity index (χ1) is 8.19. The fourth-order valence-corrected chi connectivity index (χ4v) is 1.46. The highest BCUT2D eigenvalue weighted by Crippen LogP contribution is 2.20. The van der Waals surface area contributed by atoms with E-state index >= 15 is 0 Å². The number of nitrogens with zero attached hydrogens (tertiary/aromatic N) is 2. The zero-order valence-corrected chi connectivity index (χ0v) is 9.24. The largest absolute Gasteiger partial charge is 0.354 e. The number of nitrogens with one attached hydrogen (secondary N) is 1. The van der Waals surface area contributed by atoms with Crippen LogP contribution in [0.3, 0.4) is 0 Å². The topological polar surface area (TPSA) is 48.7 Å². The van der Waals surface area contributed by atoms with Crippen LogP contribution in [0.5, 0.6) is 0 Å². The maximum absolute atomic E-state index is 12.9. The molecule has 2 aromatic rings. The first-order valence-electron chi connectivity index (χ1n) is 5.08. The van der Waals surface area contributed by atoms with Gasteiger partial charge in [0.1, 0.15) is 17.6 Å². The van der Waals surface area contributed by atoms with Crippen molar-refractivity contribution in [2.75, 3.05) is 5.32 Å². The van der Waals surface area contributed by atoms with E-state index in [2.05, 4.69) is 10.3 Å². The van der Waals surface area contributed by atoms with Gasteiger partial charge in [-0.1, -0.05) is 0 Å². The summed E-state index contributed by atoms with van der Waals surface area (Å²) in [6, 6.07) is 9.86. The summed E-state index contributed by atoms with van der Waals surface area (Å²) in [5.41, 5.74) is 2.76. The van der Waals surface area contributed by atoms with Gasteiger partial charge in [-0.2, -0.15) is 5.26 Å². The second-order valence-corrected chi connectivity index (χ2v) is 3.63. The van der Waals surface area contributed by atoms with Gasteiger partial charge in [0.25, 0.3) is 0 Å². The highest BCUT2D eigenvalue weighted by atomic mass is 19.1. The van der Waals surface area contributed by atoms with Gasteiger partial charge in [-0.3, -0.25) is 0 Å². The van der Waals surface area contributed by atoms with Crippen LogP contribution in [0, 0.1) is 24.1 Å². The van der Waals surface area contributed by atoms with Gasteiger partial charge in [0.2, 0.25) is 0 Å². The lowest BCUT2D eigenvalue weighted by atomic mass is 10.2. The lowest BCUT2D eigenvalue weighted by molar-refractivity contribution is 0.627.